The first kappa shape index (κ1) is 9.73. The standard InChI is InChI=1S/C8H12N2O3/c1-5-7(13-4-9-5)6(8(11)12)10(2)3/h4,6H,1-3H3,(H,11,12). The summed E-state index contributed by atoms with van der Waals surface area (Å²) < 4.78 is 5.02. The van der Waals surface area contributed by atoms with Gasteiger partial charge in [0.1, 0.15) is 0 Å². The Kier molecular flexibility index (Phi) is 2.67. The second-order valence-corrected chi connectivity index (χ2v) is 3.01. The Balaban J connectivity index is 3.02. The van der Waals surface area contributed by atoms with Gasteiger partial charge in [-0.05, 0) is 21.0 Å². The molecule has 0 radical (unpaired) electrons. The summed E-state index contributed by atoms with van der Waals surface area (Å²) in [6.45, 7) is 1.72. The third kappa shape index (κ3) is 1.86. The van der Waals surface area contributed by atoms with E-state index in [1.54, 1.807) is 25.9 Å². The smallest absolute Gasteiger partial charge is 0.328 e. The first-order chi connectivity index (χ1) is 6.04. The van der Waals surface area contributed by atoms with Crippen LogP contribution in [0.1, 0.15) is 17.5 Å². The van der Waals surface area contributed by atoms with Crippen LogP contribution < -0.4 is 0 Å². The molecule has 72 valence electrons. The van der Waals surface area contributed by atoms with Crippen molar-refractivity contribution in [1.82, 2.24) is 9.88 Å². The second kappa shape index (κ2) is 3.57. The lowest BCUT2D eigenvalue weighted by Gasteiger charge is -2.17. The van der Waals surface area contributed by atoms with Gasteiger partial charge in [0.05, 0.1) is 5.69 Å². The fourth-order valence-corrected chi connectivity index (χ4v) is 1.14. The van der Waals surface area contributed by atoms with Crippen molar-refractivity contribution in [2.45, 2.75) is 13.0 Å². The number of hydrogen-bond donors (Lipinski definition) is 1. The van der Waals surface area contributed by atoms with Crippen molar-refractivity contribution in [1.29, 1.82) is 0 Å². The summed E-state index contributed by atoms with van der Waals surface area (Å²) in [5.74, 6) is -0.553. The van der Waals surface area contributed by atoms with Crippen molar-refractivity contribution in [3.63, 3.8) is 0 Å². The number of carbonyl (C=O) groups is 1. The minimum absolute atomic E-state index is 0.387. The van der Waals surface area contributed by atoms with E-state index in [0.29, 0.717) is 11.5 Å². The lowest BCUT2D eigenvalue weighted by molar-refractivity contribution is -0.143. The summed E-state index contributed by atoms with van der Waals surface area (Å²) in [4.78, 5) is 16.3. The highest BCUT2D eigenvalue weighted by Crippen LogP contribution is 2.20. The number of hydrogen-bond acceptors (Lipinski definition) is 4. The fourth-order valence-electron chi connectivity index (χ4n) is 1.14. The highest BCUT2D eigenvalue weighted by atomic mass is 16.4. The molecule has 0 spiro atoms. The number of nitrogens with zero attached hydrogens (tertiary/aromatic N) is 2. The van der Waals surface area contributed by atoms with Crippen LogP contribution in [0.2, 0.25) is 0 Å². The minimum Gasteiger partial charge on any atom is -0.480 e. The second-order valence-electron chi connectivity index (χ2n) is 3.01. The molecule has 13 heavy (non-hydrogen) atoms. The number of oxazole rings is 1. The van der Waals surface area contributed by atoms with Gasteiger partial charge in [0.2, 0.25) is 0 Å². The van der Waals surface area contributed by atoms with Gasteiger partial charge in [0.25, 0.3) is 0 Å². The Morgan fingerprint density at radius 1 is 1.69 bits per heavy atom. The maximum atomic E-state index is 10.9. The van der Waals surface area contributed by atoms with Gasteiger partial charge in [-0.15, -0.1) is 0 Å². The molecule has 0 aliphatic rings. The molecular formula is C8H12N2O3. The van der Waals surface area contributed by atoms with Crippen molar-refractivity contribution in [3.05, 3.63) is 17.8 Å². The zero-order chi connectivity index (χ0) is 10.0. The zero-order valence-corrected chi connectivity index (χ0v) is 7.81. The van der Waals surface area contributed by atoms with Crippen LogP contribution in [0, 0.1) is 6.92 Å². The van der Waals surface area contributed by atoms with Crippen LogP contribution in [0.15, 0.2) is 10.8 Å². The lowest BCUT2D eigenvalue weighted by Crippen LogP contribution is -2.27. The quantitative estimate of drug-likeness (QED) is 0.747. The molecule has 1 aromatic heterocycles. The average Bonchev–Trinajstić information content (AvgIpc) is 2.35. The molecule has 0 fully saturated rings. The molecule has 0 amide bonds. The SMILES string of the molecule is Cc1ncoc1C(C(=O)O)N(C)C. The van der Waals surface area contributed by atoms with Gasteiger partial charge in [-0.2, -0.15) is 0 Å². The predicted molar refractivity (Wildman–Crippen MR) is 45.3 cm³/mol. The van der Waals surface area contributed by atoms with E-state index in [1.807, 2.05) is 0 Å². The van der Waals surface area contributed by atoms with Gasteiger partial charge < -0.3 is 9.52 Å². The van der Waals surface area contributed by atoms with Crippen LogP contribution in [-0.2, 0) is 4.79 Å². The van der Waals surface area contributed by atoms with Gasteiger partial charge in [-0.1, -0.05) is 0 Å². The van der Waals surface area contributed by atoms with Crippen molar-refractivity contribution < 1.29 is 14.3 Å². The molecule has 0 aliphatic carbocycles. The molecule has 0 bridgehead atoms. The summed E-state index contributed by atoms with van der Waals surface area (Å²) in [5, 5.41) is 8.91. The Morgan fingerprint density at radius 3 is 2.62 bits per heavy atom. The number of aliphatic carboxylic acids is 1. The number of carboxylic acids is 1. The molecule has 0 aliphatic heterocycles. The van der Waals surface area contributed by atoms with E-state index >= 15 is 0 Å². The van der Waals surface area contributed by atoms with Crippen LogP contribution in [0.5, 0.6) is 0 Å². The van der Waals surface area contributed by atoms with Crippen molar-refractivity contribution in [2.75, 3.05) is 14.1 Å². The summed E-state index contributed by atoms with van der Waals surface area (Å²) >= 11 is 0. The molecule has 1 heterocycles. The molecular weight excluding hydrogens is 172 g/mol. The van der Waals surface area contributed by atoms with Gasteiger partial charge in [0.15, 0.2) is 18.2 Å². The van der Waals surface area contributed by atoms with Gasteiger partial charge >= 0.3 is 5.97 Å². The molecule has 0 saturated heterocycles. The highest BCUT2D eigenvalue weighted by Gasteiger charge is 2.27. The molecule has 1 rings (SSSR count). The van der Waals surface area contributed by atoms with Gasteiger partial charge in [0, 0.05) is 0 Å². The first-order valence-electron chi connectivity index (χ1n) is 3.83. The molecule has 1 N–H and O–H groups in total. The van der Waals surface area contributed by atoms with Crippen LogP contribution in [0.25, 0.3) is 0 Å². The monoisotopic (exact) mass is 184 g/mol. The number of likely N-dealkylation sites (N-methyl/N-ethyl adjacent to an activating group) is 1. The Hall–Kier alpha value is -1.36. The van der Waals surface area contributed by atoms with Crippen LogP contribution in [-0.4, -0.2) is 35.1 Å². The molecule has 0 aromatic carbocycles. The Morgan fingerprint density at radius 2 is 2.31 bits per heavy atom. The third-order valence-electron chi connectivity index (χ3n) is 1.78. The summed E-state index contributed by atoms with van der Waals surface area (Å²) in [6.07, 6.45) is 1.25. The molecule has 1 atom stereocenters. The Bertz CT molecular complexity index is 306. The average molecular weight is 184 g/mol. The van der Waals surface area contributed by atoms with Crippen molar-refractivity contribution >= 4 is 5.97 Å². The zero-order valence-electron chi connectivity index (χ0n) is 7.81. The molecule has 1 unspecified atom stereocenters. The van der Waals surface area contributed by atoms with E-state index in [1.165, 1.54) is 6.39 Å². The van der Waals surface area contributed by atoms with Crippen molar-refractivity contribution in [3.8, 4) is 0 Å². The van der Waals surface area contributed by atoms with E-state index < -0.39 is 12.0 Å². The maximum Gasteiger partial charge on any atom is 0.328 e. The minimum atomic E-state index is -0.940. The van der Waals surface area contributed by atoms with Gasteiger partial charge in [-0.25, -0.2) is 4.98 Å². The summed E-state index contributed by atoms with van der Waals surface area (Å²) in [5.41, 5.74) is 0.612. The normalized spacial score (nSPS) is 13.2. The fraction of sp³-hybridized carbons (Fsp3) is 0.500. The van der Waals surface area contributed by atoms with E-state index in [2.05, 4.69) is 4.98 Å². The first-order valence-corrected chi connectivity index (χ1v) is 3.83. The topological polar surface area (TPSA) is 66.6 Å². The van der Waals surface area contributed by atoms with Crippen LogP contribution in [0.3, 0.4) is 0 Å². The number of aromatic nitrogens is 1. The highest BCUT2D eigenvalue weighted by molar-refractivity contribution is 5.74. The molecule has 1 aromatic rings. The number of carboxylic acid groups (broad SMARTS) is 1. The predicted octanol–water partition coefficient (Wildman–Crippen LogP) is 0.670. The van der Waals surface area contributed by atoms with E-state index in [4.69, 9.17) is 9.52 Å². The number of aryl methyl sites for hydroxylation is 1. The van der Waals surface area contributed by atoms with Crippen LogP contribution >= 0.6 is 0 Å². The van der Waals surface area contributed by atoms with E-state index in [9.17, 15) is 4.79 Å². The summed E-state index contributed by atoms with van der Waals surface area (Å²) in [7, 11) is 3.36. The number of rotatable bonds is 3. The van der Waals surface area contributed by atoms with Crippen LogP contribution in [0.4, 0.5) is 0 Å². The largest absolute Gasteiger partial charge is 0.480 e. The maximum absolute atomic E-state index is 10.9. The summed E-state index contributed by atoms with van der Waals surface area (Å²) in [6, 6.07) is -0.762. The van der Waals surface area contributed by atoms with Gasteiger partial charge in [-0.3, -0.25) is 9.69 Å². The molecule has 0 saturated carbocycles. The van der Waals surface area contributed by atoms with E-state index in [-0.39, 0.29) is 0 Å². The van der Waals surface area contributed by atoms with E-state index in [0.717, 1.165) is 0 Å². The molecule has 5 heteroatoms. The third-order valence-corrected chi connectivity index (χ3v) is 1.78. The van der Waals surface area contributed by atoms with Crippen molar-refractivity contribution in [2.24, 2.45) is 0 Å². The lowest BCUT2D eigenvalue weighted by atomic mass is 10.2. The molecule has 5 nitrogen and oxygen atoms in total. The Labute approximate surface area is 76.0 Å².